The molecule has 114 valence electrons. The summed E-state index contributed by atoms with van der Waals surface area (Å²) in [6.07, 6.45) is 1.60. The first-order chi connectivity index (χ1) is 11.2. The summed E-state index contributed by atoms with van der Waals surface area (Å²) in [7, 11) is 0. The van der Waals surface area contributed by atoms with Crippen molar-refractivity contribution in [1.82, 2.24) is 4.98 Å². The predicted molar refractivity (Wildman–Crippen MR) is 90.9 cm³/mol. The zero-order valence-electron chi connectivity index (χ0n) is 12.0. The van der Waals surface area contributed by atoms with Crippen LogP contribution in [0.1, 0.15) is 20.0 Å². The summed E-state index contributed by atoms with van der Waals surface area (Å²) in [6.45, 7) is 0. The fraction of sp³-hybridized carbons (Fsp3) is 0. The molecule has 0 unspecified atom stereocenters. The Bertz CT molecular complexity index is 817. The summed E-state index contributed by atoms with van der Waals surface area (Å²) in [5.41, 5.74) is 0.836. The van der Waals surface area contributed by atoms with Crippen molar-refractivity contribution in [2.75, 3.05) is 10.6 Å². The maximum Gasteiger partial charge on any atom is 0.265 e. The summed E-state index contributed by atoms with van der Waals surface area (Å²) < 4.78 is 0. The van der Waals surface area contributed by atoms with Crippen LogP contribution >= 0.6 is 11.3 Å². The van der Waals surface area contributed by atoms with E-state index < -0.39 is 0 Å². The van der Waals surface area contributed by atoms with E-state index in [0.717, 1.165) is 0 Å². The number of hydrogen-bond acceptors (Lipinski definition) is 4. The standard InChI is InChI=1S/C17H13N3O2S/c21-16(20-15-9-3-4-10-18-15)12-6-1-2-7-13(12)19-17(22)14-8-5-11-23-14/h1-11H,(H,19,22)(H,18,20,21). The van der Waals surface area contributed by atoms with Gasteiger partial charge in [0.1, 0.15) is 5.82 Å². The molecule has 0 aliphatic rings. The van der Waals surface area contributed by atoms with Crippen molar-refractivity contribution in [1.29, 1.82) is 0 Å². The Morgan fingerprint density at radius 2 is 1.70 bits per heavy atom. The number of thiophene rings is 1. The summed E-state index contributed by atoms with van der Waals surface area (Å²) in [4.78, 5) is 29.2. The van der Waals surface area contributed by atoms with Crippen LogP contribution < -0.4 is 10.6 Å². The van der Waals surface area contributed by atoms with Crippen molar-refractivity contribution < 1.29 is 9.59 Å². The molecule has 23 heavy (non-hydrogen) atoms. The molecule has 0 bridgehead atoms. The van der Waals surface area contributed by atoms with E-state index in [1.165, 1.54) is 11.3 Å². The SMILES string of the molecule is O=C(Nc1ccccc1C(=O)Nc1ccccn1)c1cccs1. The van der Waals surface area contributed by atoms with E-state index in [4.69, 9.17) is 0 Å². The number of para-hydroxylation sites is 1. The lowest BCUT2D eigenvalue weighted by molar-refractivity contribution is 0.102. The van der Waals surface area contributed by atoms with Crippen molar-refractivity contribution >= 4 is 34.7 Å². The number of amides is 2. The number of pyridine rings is 1. The summed E-state index contributed by atoms with van der Waals surface area (Å²) in [5.74, 6) is -0.110. The van der Waals surface area contributed by atoms with Crippen LogP contribution in [0.25, 0.3) is 0 Å². The number of hydrogen-bond donors (Lipinski definition) is 2. The molecule has 1 aromatic carbocycles. The molecule has 2 N–H and O–H groups in total. The van der Waals surface area contributed by atoms with Crippen molar-refractivity contribution in [3.8, 4) is 0 Å². The van der Waals surface area contributed by atoms with Gasteiger partial charge in [-0.1, -0.05) is 24.3 Å². The fourth-order valence-electron chi connectivity index (χ4n) is 2.00. The molecule has 0 saturated heterocycles. The van der Waals surface area contributed by atoms with Crippen LogP contribution in [0.15, 0.2) is 66.2 Å². The molecule has 2 amide bonds. The van der Waals surface area contributed by atoms with Crippen LogP contribution in [0.2, 0.25) is 0 Å². The van der Waals surface area contributed by atoms with E-state index in [1.54, 1.807) is 60.8 Å². The second-order valence-electron chi connectivity index (χ2n) is 4.65. The van der Waals surface area contributed by atoms with Crippen LogP contribution in [0, 0.1) is 0 Å². The monoisotopic (exact) mass is 323 g/mol. The van der Waals surface area contributed by atoms with Crippen molar-refractivity contribution in [2.24, 2.45) is 0 Å². The fourth-order valence-corrected chi connectivity index (χ4v) is 2.62. The van der Waals surface area contributed by atoms with Crippen LogP contribution in [0.4, 0.5) is 11.5 Å². The van der Waals surface area contributed by atoms with Gasteiger partial charge in [-0.2, -0.15) is 0 Å². The highest BCUT2D eigenvalue weighted by molar-refractivity contribution is 7.12. The number of carbonyl (C=O) groups excluding carboxylic acids is 2. The van der Waals surface area contributed by atoms with Gasteiger partial charge in [0.05, 0.1) is 16.1 Å². The number of anilines is 2. The van der Waals surface area contributed by atoms with E-state index in [0.29, 0.717) is 21.9 Å². The molecule has 3 rings (SSSR count). The predicted octanol–water partition coefficient (Wildman–Crippen LogP) is 3.65. The second kappa shape index (κ2) is 6.85. The normalized spacial score (nSPS) is 10.1. The van der Waals surface area contributed by atoms with Crippen LogP contribution in [-0.2, 0) is 0 Å². The lowest BCUT2D eigenvalue weighted by Crippen LogP contribution is -2.18. The lowest BCUT2D eigenvalue weighted by atomic mass is 10.1. The molecule has 0 spiro atoms. The Morgan fingerprint density at radius 3 is 2.43 bits per heavy atom. The van der Waals surface area contributed by atoms with Crippen LogP contribution in [0.5, 0.6) is 0 Å². The van der Waals surface area contributed by atoms with Crippen molar-refractivity contribution in [3.63, 3.8) is 0 Å². The molecule has 0 radical (unpaired) electrons. The van der Waals surface area contributed by atoms with Gasteiger partial charge in [-0.05, 0) is 35.7 Å². The van der Waals surface area contributed by atoms with Gasteiger partial charge in [-0.3, -0.25) is 9.59 Å². The Balaban J connectivity index is 1.80. The zero-order valence-corrected chi connectivity index (χ0v) is 12.8. The quantitative estimate of drug-likeness (QED) is 0.770. The number of aromatic nitrogens is 1. The topological polar surface area (TPSA) is 71.1 Å². The number of rotatable bonds is 4. The minimum absolute atomic E-state index is 0.238. The maximum absolute atomic E-state index is 12.4. The van der Waals surface area contributed by atoms with E-state index in [-0.39, 0.29) is 11.8 Å². The Labute approximate surface area is 137 Å². The molecule has 2 heterocycles. The largest absolute Gasteiger partial charge is 0.321 e. The lowest BCUT2D eigenvalue weighted by Gasteiger charge is -2.10. The highest BCUT2D eigenvalue weighted by Gasteiger charge is 2.14. The van der Waals surface area contributed by atoms with Gasteiger partial charge in [0.15, 0.2) is 0 Å². The number of benzene rings is 1. The third-order valence-corrected chi connectivity index (χ3v) is 3.94. The average molecular weight is 323 g/mol. The van der Waals surface area contributed by atoms with Gasteiger partial charge >= 0.3 is 0 Å². The van der Waals surface area contributed by atoms with Gasteiger partial charge in [-0.25, -0.2) is 4.98 Å². The third kappa shape index (κ3) is 3.61. The summed E-state index contributed by atoms with van der Waals surface area (Å²) in [6, 6.07) is 15.6. The van der Waals surface area contributed by atoms with E-state index >= 15 is 0 Å². The molecule has 0 aliphatic carbocycles. The first-order valence-electron chi connectivity index (χ1n) is 6.90. The molecule has 6 heteroatoms. The van der Waals surface area contributed by atoms with Gasteiger partial charge in [0.2, 0.25) is 0 Å². The van der Waals surface area contributed by atoms with Gasteiger partial charge in [0, 0.05) is 6.20 Å². The molecule has 0 fully saturated rings. The van der Waals surface area contributed by atoms with E-state index in [2.05, 4.69) is 15.6 Å². The Kier molecular flexibility index (Phi) is 4.44. The molecule has 0 saturated carbocycles. The number of nitrogens with zero attached hydrogens (tertiary/aromatic N) is 1. The Morgan fingerprint density at radius 1 is 0.870 bits per heavy atom. The van der Waals surface area contributed by atoms with Gasteiger partial charge < -0.3 is 10.6 Å². The van der Waals surface area contributed by atoms with E-state index in [1.807, 2.05) is 5.38 Å². The highest BCUT2D eigenvalue weighted by atomic mass is 32.1. The average Bonchev–Trinajstić information content (AvgIpc) is 3.11. The second-order valence-corrected chi connectivity index (χ2v) is 5.59. The first kappa shape index (κ1) is 14.9. The number of carbonyl (C=O) groups is 2. The highest BCUT2D eigenvalue weighted by Crippen LogP contribution is 2.19. The molecule has 5 nitrogen and oxygen atoms in total. The van der Waals surface area contributed by atoms with Crippen molar-refractivity contribution in [2.45, 2.75) is 0 Å². The number of nitrogens with one attached hydrogen (secondary N) is 2. The smallest absolute Gasteiger partial charge is 0.265 e. The minimum atomic E-state index is -0.328. The van der Waals surface area contributed by atoms with E-state index in [9.17, 15) is 9.59 Å². The van der Waals surface area contributed by atoms with Crippen molar-refractivity contribution in [3.05, 3.63) is 76.6 Å². The summed E-state index contributed by atoms with van der Waals surface area (Å²) in [5, 5.41) is 7.31. The molecule has 3 aromatic rings. The maximum atomic E-state index is 12.4. The molecule has 0 aliphatic heterocycles. The molecular formula is C17H13N3O2S. The zero-order chi connectivity index (χ0) is 16.1. The van der Waals surface area contributed by atoms with Gasteiger partial charge in [0.25, 0.3) is 11.8 Å². The van der Waals surface area contributed by atoms with Crippen LogP contribution in [0.3, 0.4) is 0 Å². The first-order valence-corrected chi connectivity index (χ1v) is 7.78. The van der Waals surface area contributed by atoms with Gasteiger partial charge in [-0.15, -0.1) is 11.3 Å². The minimum Gasteiger partial charge on any atom is -0.321 e. The third-order valence-electron chi connectivity index (χ3n) is 3.07. The summed E-state index contributed by atoms with van der Waals surface area (Å²) >= 11 is 1.34. The molecule has 2 aromatic heterocycles. The molecular weight excluding hydrogens is 310 g/mol. The Hall–Kier alpha value is -2.99. The molecule has 0 atom stereocenters. The van der Waals surface area contributed by atoms with Crippen LogP contribution in [-0.4, -0.2) is 16.8 Å².